The minimum atomic E-state index is -0.528. The van der Waals surface area contributed by atoms with Crippen LogP contribution in [0.1, 0.15) is 37.8 Å². The van der Waals surface area contributed by atoms with E-state index in [9.17, 15) is 9.59 Å². The number of carbonyl (C=O) groups excluding carboxylic acids is 2. The van der Waals surface area contributed by atoms with Gasteiger partial charge in [0.2, 0.25) is 5.91 Å². The van der Waals surface area contributed by atoms with Gasteiger partial charge in [-0.25, -0.2) is 4.79 Å². The first-order valence-electron chi connectivity index (χ1n) is 7.45. The van der Waals surface area contributed by atoms with Crippen LogP contribution in [0.15, 0.2) is 30.3 Å². The van der Waals surface area contributed by atoms with Gasteiger partial charge in [0.1, 0.15) is 6.04 Å². The quantitative estimate of drug-likeness (QED) is 0.713. The van der Waals surface area contributed by atoms with Gasteiger partial charge in [-0.3, -0.25) is 4.79 Å². The molecule has 1 aliphatic rings. The number of hydrogen-bond acceptors (Lipinski definition) is 4. The lowest BCUT2D eigenvalue weighted by molar-refractivity contribution is -0.146. The third-order valence-corrected chi connectivity index (χ3v) is 3.30. The van der Waals surface area contributed by atoms with Gasteiger partial charge in [-0.2, -0.15) is 0 Å². The SMILES string of the molecule is CCOC(=O)C(NCCC(=O)NC1CC1)c1ccccc1. The number of amides is 1. The van der Waals surface area contributed by atoms with E-state index >= 15 is 0 Å². The molecule has 21 heavy (non-hydrogen) atoms. The highest BCUT2D eigenvalue weighted by molar-refractivity contribution is 5.78. The molecule has 2 rings (SSSR count). The molecule has 1 saturated carbocycles. The first-order valence-corrected chi connectivity index (χ1v) is 7.45. The van der Waals surface area contributed by atoms with Crippen molar-refractivity contribution >= 4 is 11.9 Å². The largest absolute Gasteiger partial charge is 0.465 e. The molecule has 0 heterocycles. The molecule has 5 nitrogen and oxygen atoms in total. The summed E-state index contributed by atoms with van der Waals surface area (Å²) in [5.74, 6) is -0.285. The molecular formula is C16H22N2O3. The number of rotatable bonds is 8. The summed E-state index contributed by atoms with van der Waals surface area (Å²) in [7, 11) is 0. The zero-order valence-electron chi connectivity index (χ0n) is 12.3. The molecule has 0 saturated heterocycles. The highest BCUT2D eigenvalue weighted by Crippen LogP contribution is 2.18. The average molecular weight is 290 g/mol. The van der Waals surface area contributed by atoms with Crippen LogP contribution >= 0.6 is 0 Å². The zero-order valence-corrected chi connectivity index (χ0v) is 12.3. The van der Waals surface area contributed by atoms with Crippen LogP contribution in [-0.4, -0.2) is 31.1 Å². The minimum absolute atomic E-state index is 0.0284. The summed E-state index contributed by atoms with van der Waals surface area (Å²) in [6.07, 6.45) is 2.52. The van der Waals surface area contributed by atoms with Crippen molar-refractivity contribution in [2.75, 3.05) is 13.2 Å². The Kier molecular flexibility index (Phi) is 5.75. The summed E-state index contributed by atoms with van der Waals surface area (Å²) in [5.41, 5.74) is 0.846. The topological polar surface area (TPSA) is 67.4 Å². The van der Waals surface area contributed by atoms with Gasteiger partial charge < -0.3 is 15.4 Å². The van der Waals surface area contributed by atoms with Crippen molar-refractivity contribution < 1.29 is 14.3 Å². The fourth-order valence-electron chi connectivity index (χ4n) is 2.07. The summed E-state index contributed by atoms with van der Waals surface area (Å²) < 4.78 is 5.09. The maximum Gasteiger partial charge on any atom is 0.327 e. The van der Waals surface area contributed by atoms with Crippen molar-refractivity contribution in [3.8, 4) is 0 Å². The fraction of sp³-hybridized carbons (Fsp3) is 0.500. The third kappa shape index (κ3) is 5.19. The molecule has 114 valence electrons. The Labute approximate surface area is 125 Å². The highest BCUT2D eigenvalue weighted by Gasteiger charge is 2.24. The molecule has 1 aromatic carbocycles. The summed E-state index contributed by atoms with van der Waals surface area (Å²) in [5, 5.41) is 6.04. The number of carbonyl (C=O) groups is 2. The molecule has 1 aromatic rings. The van der Waals surface area contributed by atoms with E-state index < -0.39 is 6.04 Å². The van der Waals surface area contributed by atoms with E-state index in [0.29, 0.717) is 25.6 Å². The first-order chi connectivity index (χ1) is 10.2. The molecule has 0 spiro atoms. The van der Waals surface area contributed by atoms with Crippen molar-refractivity contribution in [2.24, 2.45) is 0 Å². The van der Waals surface area contributed by atoms with Crippen LogP contribution in [0.3, 0.4) is 0 Å². The van der Waals surface area contributed by atoms with Crippen molar-refractivity contribution in [1.82, 2.24) is 10.6 Å². The number of nitrogens with one attached hydrogen (secondary N) is 2. The molecule has 1 unspecified atom stereocenters. The van der Waals surface area contributed by atoms with Gasteiger partial charge >= 0.3 is 5.97 Å². The standard InChI is InChI=1S/C16H22N2O3/c1-2-21-16(20)15(12-6-4-3-5-7-12)17-11-10-14(19)18-13-8-9-13/h3-7,13,15,17H,2,8-11H2,1H3,(H,18,19). The molecule has 1 atom stereocenters. The van der Waals surface area contributed by atoms with E-state index in [1.165, 1.54) is 0 Å². The summed E-state index contributed by atoms with van der Waals surface area (Å²) in [6.45, 7) is 2.56. The Morgan fingerprint density at radius 3 is 2.62 bits per heavy atom. The Balaban J connectivity index is 1.86. The second-order valence-corrected chi connectivity index (χ2v) is 5.14. The second kappa shape index (κ2) is 7.78. The lowest BCUT2D eigenvalue weighted by Gasteiger charge is -2.17. The first kappa shape index (κ1) is 15.5. The third-order valence-electron chi connectivity index (χ3n) is 3.30. The van der Waals surface area contributed by atoms with E-state index in [2.05, 4.69) is 10.6 Å². The van der Waals surface area contributed by atoms with Gasteiger partial charge in [0.15, 0.2) is 0 Å². The Morgan fingerprint density at radius 1 is 1.29 bits per heavy atom. The molecule has 0 aliphatic heterocycles. The fourth-order valence-corrected chi connectivity index (χ4v) is 2.07. The molecule has 0 bridgehead atoms. The van der Waals surface area contributed by atoms with E-state index in [-0.39, 0.29) is 11.9 Å². The smallest absolute Gasteiger partial charge is 0.327 e. The van der Waals surface area contributed by atoms with Gasteiger partial charge in [0, 0.05) is 19.0 Å². The van der Waals surface area contributed by atoms with Crippen LogP contribution < -0.4 is 10.6 Å². The molecule has 0 radical (unpaired) electrons. The van der Waals surface area contributed by atoms with E-state index in [1.807, 2.05) is 30.3 Å². The van der Waals surface area contributed by atoms with Crippen molar-refractivity contribution in [2.45, 2.75) is 38.3 Å². The van der Waals surface area contributed by atoms with Gasteiger partial charge in [0.25, 0.3) is 0 Å². The molecule has 1 fully saturated rings. The number of esters is 1. The maximum absolute atomic E-state index is 12.0. The normalized spacial score (nSPS) is 15.3. The predicted molar refractivity (Wildman–Crippen MR) is 79.6 cm³/mol. The lowest BCUT2D eigenvalue weighted by Crippen LogP contribution is -2.34. The molecule has 1 aliphatic carbocycles. The van der Waals surface area contributed by atoms with Crippen LogP contribution in [0.25, 0.3) is 0 Å². The van der Waals surface area contributed by atoms with Crippen LogP contribution in [0.4, 0.5) is 0 Å². The Hall–Kier alpha value is -1.88. The molecule has 2 N–H and O–H groups in total. The number of ether oxygens (including phenoxy) is 1. The van der Waals surface area contributed by atoms with Gasteiger partial charge in [0.05, 0.1) is 6.61 Å². The van der Waals surface area contributed by atoms with Crippen LogP contribution in [0, 0.1) is 0 Å². The summed E-state index contributed by atoms with van der Waals surface area (Å²) in [4.78, 5) is 23.7. The van der Waals surface area contributed by atoms with Crippen LogP contribution in [0.5, 0.6) is 0 Å². The van der Waals surface area contributed by atoms with Gasteiger partial charge in [-0.05, 0) is 25.3 Å². The van der Waals surface area contributed by atoms with E-state index in [0.717, 1.165) is 18.4 Å². The minimum Gasteiger partial charge on any atom is -0.465 e. The molecule has 0 aromatic heterocycles. The molecular weight excluding hydrogens is 268 g/mol. The van der Waals surface area contributed by atoms with E-state index in [4.69, 9.17) is 4.74 Å². The zero-order chi connectivity index (χ0) is 15.1. The van der Waals surface area contributed by atoms with Crippen molar-refractivity contribution in [3.63, 3.8) is 0 Å². The second-order valence-electron chi connectivity index (χ2n) is 5.14. The number of benzene rings is 1. The molecule has 1 amide bonds. The Bertz CT molecular complexity index is 472. The van der Waals surface area contributed by atoms with Crippen molar-refractivity contribution in [3.05, 3.63) is 35.9 Å². The van der Waals surface area contributed by atoms with Gasteiger partial charge in [-0.1, -0.05) is 30.3 Å². The maximum atomic E-state index is 12.0. The predicted octanol–water partition coefficient (Wildman–Crippen LogP) is 1.55. The summed E-state index contributed by atoms with van der Waals surface area (Å²) >= 11 is 0. The van der Waals surface area contributed by atoms with Crippen molar-refractivity contribution in [1.29, 1.82) is 0 Å². The van der Waals surface area contributed by atoms with Crippen LogP contribution in [-0.2, 0) is 14.3 Å². The highest BCUT2D eigenvalue weighted by atomic mass is 16.5. The lowest BCUT2D eigenvalue weighted by atomic mass is 10.1. The monoisotopic (exact) mass is 290 g/mol. The summed E-state index contributed by atoms with van der Waals surface area (Å²) in [6, 6.07) is 9.24. The molecule has 5 heteroatoms. The van der Waals surface area contributed by atoms with Crippen LogP contribution in [0.2, 0.25) is 0 Å². The van der Waals surface area contributed by atoms with Gasteiger partial charge in [-0.15, -0.1) is 0 Å². The number of hydrogen-bond donors (Lipinski definition) is 2. The van der Waals surface area contributed by atoms with E-state index in [1.54, 1.807) is 6.92 Å². The average Bonchev–Trinajstić information content (AvgIpc) is 3.28. The Morgan fingerprint density at radius 2 is 2.00 bits per heavy atom.